The van der Waals surface area contributed by atoms with E-state index in [9.17, 15) is 0 Å². The summed E-state index contributed by atoms with van der Waals surface area (Å²) in [7, 11) is 1.78. The number of rotatable bonds is 6. The van der Waals surface area contributed by atoms with Gasteiger partial charge in [0.2, 0.25) is 0 Å². The van der Waals surface area contributed by atoms with Gasteiger partial charge in [0.25, 0.3) is 0 Å². The highest BCUT2D eigenvalue weighted by atomic mass is 35.5. The van der Waals surface area contributed by atoms with Gasteiger partial charge in [0, 0.05) is 44.4 Å². The van der Waals surface area contributed by atoms with Crippen molar-refractivity contribution in [3.8, 4) is 0 Å². The molecule has 0 bridgehead atoms. The summed E-state index contributed by atoms with van der Waals surface area (Å²) in [5, 5.41) is 7.51. The predicted molar refractivity (Wildman–Crippen MR) is 109 cm³/mol. The summed E-state index contributed by atoms with van der Waals surface area (Å²) in [6, 6.07) is 12.1. The number of pyridine rings is 1. The maximum Gasteiger partial charge on any atom is 0.191 e. The second kappa shape index (κ2) is 9.43. The third-order valence-electron chi connectivity index (χ3n) is 4.57. The van der Waals surface area contributed by atoms with Crippen molar-refractivity contribution in [1.29, 1.82) is 0 Å². The maximum absolute atomic E-state index is 6.20. The molecule has 2 N–H and O–H groups in total. The fourth-order valence-corrected chi connectivity index (χ4v) is 3.34. The van der Waals surface area contributed by atoms with E-state index in [4.69, 9.17) is 11.6 Å². The van der Waals surface area contributed by atoms with Crippen LogP contribution in [-0.4, -0.2) is 37.6 Å². The van der Waals surface area contributed by atoms with Gasteiger partial charge >= 0.3 is 0 Å². The summed E-state index contributed by atoms with van der Waals surface area (Å²) < 4.78 is 0. The quantitative estimate of drug-likeness (QED) is 0.604. The summed E-state index contributed by atoms with van der Waals surface area (Å²) in [4.78, 5) is 11.1. The van der Waals surface area contributed by atoms with Crippen LogP contribution in [0.25, 0.3) is 0 Å². The zero-order valence-electron chi connectivity index (χ0n) is 15.2. The zero-order chi connectivity index (χ0) is 18.2. The van der Waals surface area contributed by atoms with Gasteiger partial charge in [-0.3, -0.25) is 4.99 Å². The second-order valence-corrected chi connectivity index (χ2v) is 6.82. The Morgan fingerprint density at radius 2 is 2.00 bits per heavy atom. The first-order valence-electron chi connectivity index (χ1n) is 9.14. The zero-order valence-corrected chi connectivity index (χ0v) is 16.0. The van der Waals surface area contributed by atoms with Crippen molar-refractivity contribution in [3.63, 3.8) is 0 Å². The molecular weight excluding hydrogens is 346 g/mol. The first kappa shape index (κ1) is 18.5. The highest BCUT2D eigenvalue weighted by Gasteiger charge is 2.13. The molecular formula is C20H26ClN5. The van der Waals surface area contributed by atoms with E-state index < -0.39 is 0 Å². The molecule has 0 atom stereocenters. The topological polar surface area (TPSA) is 52.6 Å². The van der Waals surface area contributed by atoms with Crippen LogP contribution >= 0.6 is 11.6 Å². The van der Waals surface area contributed by atoms with Crippen LogP contribution in [0.1, 0.15) is 24.0 Å². The number of aromatic nitrogens is 1. The van der Waals surface area contributed by atoms with Crippen molar-refractivity contribution in [1.82, 2.24) is 15.6 Å². The lowest BCUT2D eigenvalue weighted by Gasteiger charge is -2.17. The highest BCUT2D eigenvalue weighted by Crippen LogP contribution is 2.18. The third-order valence-corrected chi connectivity index (χ3v) is 4.94. The van der Waals surface area contributed by atoms with E-state index in [1.807, 2.05) is 30.5 Å². The van der Waals surface area contributed by atoms with Crippen molar-refractivity contribution >= 4 is 23.4 Å². The first-order chi connectivity index (χ1) is 12.8. The normalized spacial score (nSPS) is 14.5. The molecule has 0 amide bonds. The number of benzene rings is 1. The molecule has 26 heavy (non-hydrogen) atoms. The van der Waals surface area contributed by atoms with Crippen LogP contribution in [0.5, 0.6) is 0 Å². The Bertz CT molecular complexity index is 740. The van der Waals surface area contributed by atoms with Gasteiger partial charge in [-0.1, -0.05) is 29.8 Å². The minimum atomic E-state index is 0.717. The number of nitrogens with one attached hydrogen (secondary N) is 2. The molecule has 1 fully saturated rings. The van der Waals surface area contributed by atoms with Crippen molar-refractivity contribution in [3.05, 3.63) is 58.7 Å². The Balaban J connectivity index is 1.48. The first-order valence-corrected chi connectivity index (χ1v) is 9.52. The molecule has 1 aliphatic heterocycles. The third kappa shape index (κ3) is 5.11. The van der Waals surface area contributed by atoms with E-state index in [1.165, 1.54) is 18.4 Å². The van der Waals surface area contributed by atoms with Crippen LogP contribution < -0.4 is 15.5 Å². The van der Waals surface area contributed by atoms with Crippen LogP contribution in [-0.2, 0) is 13.0 Å². The largest absolute Gasteiger partial charge is 0.357 e. The van der Waals surface area contributed by atoms with Gasteiger partial charge in [-0.2, -0.15) is 0 Å². The number of aliphatic imine (C=N–C) groups is 1. The van der Waals surface area contributed by atoms with E-state index in [-0.39, 0.29) is 0 Å². The number of guanidine groups is 1. The standard InChI is InChI=1S/C20H26ClN5/c1-22-20(24-11-9-17-6-2-3-7-18(17)21)25-15-16-8-10-23-19(14-16)26-12-4-5-13-26/h2-3,6-8,10,14H,4-5,9,11-13,15H2,1H3,(H2,22,24,25). The smallest absolute Gasteiger partial charge is 0.191 e. The van der Waals surface area contributed by atoms with E-state index in [1.54, 1.807) is 7.05 Å². The van der Waals surface area contributed by atoms with Crippen LogP contribution in [0, 0.1) is 0 Å². The Morgan fingerprint density at radius 1 is 1.19 bits per heavy atom. The Hall–Kier alpha value is -2.27. The Morgan fingerprint density at radius 3 is 2.77 bits per heavy atom. The molecule has 2 aromatic rings. The van der Waals surface area contributed by atoms with Gasteiger partial charge in [-0.05, 0) is 48.6 Å². The molecule has 0 saturated carbocycles. The SMILES string of the molecule is CN=C(NCCc1ccccc1Cl)NCc1ccnc(N2CCCC2)c1. The van der Waals surface area contributed by atoms with Crippen LogP contribution in [0.15, 0.2) is 47.6 Å². The molecule has 1 aromatic carbocycles. The van der Waals surface area contributed by atoms with Crippen LogP contribution in [0.3, 0.4) is 0 Å². The fourth-order valence-electron chi connectivity index (χ4n) is 3.11. The van der Waals surface area contributed by atoms with E-state index in [2.05, 4.69) is 37.6 Å². The lowest BCUT2D eigenvalue weighted by Crippen LogP contribution is -2.37. The maximum atomic E-state index is 6.20. The molecule has 3 rings (SSSR count). The predicted octanol–water partition coefficient (Wildman–Crippen LogP) is 3.24. The number of halogens is 1. The van der Waals surface area contributed by atoms with E-state index in [0.717, 1.165) is 55.0 Å². The average molecular weight is 372 g/mol. The Kier molecular flexibility index (Phi) is 6.72. The summed E-state index contributed by atoms with van der Waals surface area (Å²) in [6.07, 6.45) is 5.26. The lowest BCUT2D eigenvalue weighted by molar-refractivity contribution is 0.793. The lowest BCUT2D eigenvalue weighted by atomic mass is 10.1. The van der Waals surface area contributed by atoms with Gasteiger partial charge in [-0.25, -0.2) is 4.98 Å². The summed E-state index contributed by atoms with van der Waals surface area (Å²) in [5.74, 6) is 1.86. The van der Waals surface area contributed by atoms with E-state index >= 15 is 0 Å². The molecule has 0 aliphatic carbocycles. The number of hydrogen-bond acceptors (Lipinski definition) is 3. The second-order valence-electron chi connectivity index (χ2n) is 6.41. The number of nitrogens with zero attached hydrogens (tertiary/aromatic N) is 3. The fraction of sp³-hybridized carbons (Fsp3) is 0.400. The molecule has 2 heterocycles. The number of anilines is 1. The van der Waals surface area contributed by atoms with Crippen molar-refractivity contribution in [2.24, 2.45) is 4.99 Å². The van der Waals surface area contributed by atoms with Crippen LogP contribution in [0.4, 0.5) is 5.82 Å². The van der Waals surface area contributed by atoms with E-state index in [0.29, 0.717) is 0 Å². The summed E-state index contributed by atoms with van der Waals surface area (Å²) >= 11 is 6.20. The van der Waals surface area contributed by atoms with Crippen molar-refractivity contribution < 1.29 is 0 Å². The van der Waals surface area contributed by atoms with Crippen molar-refractivity contribution in [2.45, 2.75) is 25.8 Å². The van der Waals surface area contributed by atoms with Gasteiger partial charge in [-0.15, -0.1) is 0 Å². The molecule has 1 saturated heterocycles. The minimum Gasteiger partial charge on any atom is -0.357 e. The van der Waals surface area contributed by atoms with Gasteiger partial charge in [0.05, 0.1) is 0 Å². The van der Waals surface area contributed by atoms with Gasteiger partial charge < -0.3 is 15.5 Å². The highest BCUT2D eigenvalue weighted by molar-refractivity contribution is 6.31. The van der Waals surface area contributed by atoms with Gasteiger partial charge in [0.15, 0.2) is 5.96 Å². The molecule has 0 spiro atoms. The monoisotopic (exact) mass is 371 g/mol. The Labute approximate surface area is 160 Å². The summed E-state index contributed by atoms with van der Waals surface area (Å²) in [5.41, 5.74) is 2.34. The van der Waals surface area contributed by atoms with Gasteiger partial charge in [0.1, 0.15) is 5.82 Å². The minimum absolute atomic E-state index is 0.717. The molecule has 138 valence electrons. The molecule has 6 heteroatoms. The molecule has 1 aromatic heterocycles. The van der Waals surface area contributed by atoms with Crippen molar-refractivity contribution in [2.75, 3.05) is 31.6 Å². The molecule has 0 unspecified atom stereocenters. The van der Waals surface area contributed by atoms with Crippen LogP contribution in [0.2, 0.25) is 5.02 Å². The summed E-state index contributed by atoms with van der Waals surface area (Å²) in [6.45, 7) is 3.71. The number of hydrogen-bond donors (Lipinski definition) is 2. The average Bonchev–Trinajstić information content (AvgIpc) is 3.21. The molecule has 1 aliphatic rings. The molecule has 5 nitrogen and oxygen atoms in total. The molecule has 0 radical (unpaired) electrons.